The highest BCUT2D eigenvalue weighted by Crippen LogP contribution is 2.27. The first-order valence-corrected chi connectivity index (χ1v) is 11.9. The van der Waals surface area contributed by atoms with Crippen molar-refractivity contribution in [3.63, 3.8) is 0 Å². The number of carbonyl (C=O) groups excluding carboxylic acids is 3. The van der Waals surface area contributed by atoms with Crippen LogP contribution in [0.15, 0.2) is 30.3 Å². The molecule has 0 radical (unpaired) electrons. The molecule has 3 rings (SSSR count). The number of primary amides is 1. The Morgan fingerprint density at radius 3 is 2.50 bits per heavy atom. The minimum atomic E-state index is -0.783. The molecule has 5 N–H and O–H groups in total. The van der Waals surface area contributed by atoms with E-state index in [2.05, 4.69) is 16.6 Å². The number of nitrogens with two attached hydrogens (primary N) is 2. The number of hydrogen-bond donors (Lipinski definition) is 3. The van der Waals surface area contributed by atoms with E-state index in [0.717, 1.165) is 55.6 Å². The lowest BCUT2D eigenvalue weighted by atomic mass is 10.0. The zero-order valence-electron chi connectivity index (χ0n) is 18.4. The lowest BCUT2D eigenvalue weighted by Gasteiger charge is -2.32. The maximum atomic E-state index is 13.6. The fraction of sp³-hybridized carbons (Fsp3) is 0.478. The van der Waals surface area contributed by atoms with Crippen LogP contribution < -0.4 is 16.8 Å². The number of unbranched alkanes of at least 4 members (excludes halogenated alkanes) is 1. The smallest absolute Gasteiger partial charge is 0.270 e. The van der Waals surface area contributed by atoms with Gasteiger partial charge in [0.2, 0.25) is 5.91 Å². The molecule has 1 aliphatic rings. The Kier molecular flexibility index (Phi) is 8.21. The molecule has 0 spiro atoms. The molecular weight excluding hydrogens is 426 g/mol. The summed E-state index contributed by atoms with van der Waals surface area (Å²) in [5.41, 5.74) is 12.1. The third-order valence-electron chi connectivity index (χ3n) is 5.82. The molecule has 1 aromatic carbocycles. The van der Waals surface area contributed by atoms with Crippen molar-refractivity contribution < 1.29 is 14.4 Å². The SMILES string of the molecule is CCCC[C@H](C(=O)NC1CCCC1)N(Cc1ccccc1)C(=O)c1snc(C(N)=O)c1N. The minimum absolute atomic E-state index is 0.0315. The fourth-order valence-electron chi connectivity index (χ4n) is 4.06. The molecule has 0 bridgehead atoms. The van der Waals surface area contributed by atoms with Gasteiger partial charge in [-0.25, -0.2) is 0 Å². The molecule has 0 aliphatic heterocycles. The molecule has 3 amide bonds. The van der Waals surface area contributed by atoms with Gasteiger partial charge in [-0.2, -0.15) is 4.37 Å². The molecule has 1 aromatic heterocycles. The Balaban J connectivity index is 1.94. The zero-order valence-corrected chi connectivity index (χ0v) is 19.2. The lowest BCUT2D eigenvalue weighted by Crippen LogP contribution is -2.51. The number of nitrogens with zero attached hydrogens (tertiary/aromatic N) is 2. The second kappa shape index (κ2) is 11.1. The summed E-state index contributed by atoms with van der Waals surface area (Å²) < 4.78 is 3.97. The standard InChI is InChI=1S/C23H31N5O3S/c1-2-3-13-17(22(30)26-16-11-7-8-12-16)28(14-15-9-5-4-6-10-15)23(31)20-18(24)19(21(25)29)27-32-20/h4-6,9-10,16-17H,2-3,7-8,11-14,24H2,1H3,(H2,25,29)(H,26,30)/t17-/m1/s1. The summed E-state index contributed by atoms with van der Waals surface area (Å²) in [6.07, 6.45) is 6.36. The van der Waals surface area contributed by atoms with Crippen LogP contribution in [0.4, 0.5) is 5.69 Å². The van der Waals surface area contributed by atoms with E-state index in [4.69, 9.17) is 11.5 Å². The number of nitrogens with one attached hydrogen (secondary N) is 1. The number of benzene rings is 1. The molecule has 0 unspecified atom stereocenters. The second-order valence-electron chi connectivity index (χ2n) is 8.20. The maximum absolute atomic E-state index is 13.6. The predicted octanol–water partition coefficient (Wildman–Crippen LogP) is 3.08. The van der Waals surface area contributed by atoms with Crippen LogP contribution in [-0.2, 0) is 11.3 Å². The molecule has 9 heteroatoms. The van der Waals surface area contributed by atoms with Gasteiger partial charge in [-0.15, -0.1) is 0 Å². The number of hydrogen-bond acceptors (Lipinski definition) is 6. The van der Waals surface area contributed by atoms with E-state index in [9.17, 15) is 14.4 Å². The van der Waals surface area contributed by atoms with Crippen molar-refractivity contribution in [2.75, 3.05) is 5.73 Å². The average Bonchev–Trinajstić information content (AvgIpc) is 3.43. The Labute approximate surface area is 192 Å². The van der Waals surface area contributed by atoms with Crippen LogP contribution in [0.1, 0.15) is 77.6 Å². The molecule has 8 nitrogen and oxygen atoms in total. The van der Waals surface area contributed by atoms with Crippen molar-refractivity contribution in [2.24, 2.45) is 5.73 Å². The molecule has 1 fully saturated rings. The summed E-state index contributed by atoms with van der Waals surface area (Å²) in [4.78, 5) is 40.3. The van der Waals surface area contributed by atoms with E-state index in [-0.39, 0.29) is 34.8 Å². The molecular formula is C23H31N5O3S. The zero-order chi connectivity index (χ0) is 23.1. The molecule has 0 saturated heterocycles. The van der Waals surface area contributed by atoms with Gasteiger partial charge >= 0.3 is 0 Å². The molecule has 1 aliphatic carbocycles. The van der Waals surface area contributed by atoms with Gasteiger partial charge in [-0.3, -0.25) is 14.4 Å². The van der Waals surface area contributed by atoms with Gasteiger partial charge < -0.3 is 21.7 Å². The van der Waals surface area contributed by atoms with Gasteiger partial charge in [0, 0.05) is 12.6 Å². The number of aromatic nitrogens is 1. The Bertz CT molecular complexity index is 940. The molecule has 1 saturated carbocycles. The summed E-state index contributed by atoms with van der Waals surface area (Å²) in [5, 5.41) is 3.15. The van der Waals surface area contributed by atoms with Crippen LogP contribution in [0.3, 0.4) is 0 Å². The van der Waals surface area contributed by atoms with Crippen molar-refractivity contribution in [3.05, 3.63) is 46.5 Å². The first kappa shape index (κ1) is 23.7. The fourth-order valence-corrected chi connectivity index (χ4v) is 4.82. The highest BCUT2D eigenvalue weighted by Gasteiger charge is 2.34. The van der Waals surface area contributed by atoms with Gasteiger partial charge in [0.25, 0.3) is 11.8 Å². The Morgan fingerprint density at radius 1 is 1.22 bits per heavy atom. The van der Waals surface area contributed by atoms with E-state index in [1.54, 1.807) is 4.90 Å². The largest absolute Gasteiger partial charge is 0.395 e. The summed E-state index contributed by atoms with van der Waals surface area (Å²) in [6, 6.07) is 9.01. The monoisotopic (exact) mass is 457 g/mol. The Hall–Kier alpha value is -2.94. The van der Waals surface area contributed by atoms with Crippen molar-refractivity contribution in [3.8, 4) is 0 Å². The molecule has 172 valence electrons. The van der Waals surface area contributed by atoms with Crippen LogP contribution in [0, 0.1) is 0 Å². The first-order chi connectivity index (χ1) is 15.4. The van der Waals surface area contributed by atoms with Crippen LogP contribution in [0.2, 0.25) is 0 Å². The van der Waals surface area contributed by atoms with E-state index < -0.39 is 17.9 Å². The van der Waals surface area contributed by atoms with Crippen molar-refractivity contribution >= 4 is 34.9 Å². The number of nitrogen functional groups attached to an aromatic ring is 1. The minimum Gasteiger partial charge on any atom is -0.395 e. The highest BCUT2D eigenvalue weighted by molar-refractivity contribution is 7.09. The van der Waals surface area contributed by atoms with Crippen molar-refractivity contribution in [1.29, 1.82) is 0 Å². The molecule has 2 aromatic rings. The third kappa shape index (κ3) is 5.64. The van der Waals surface area contributed by atoms with E-state index in [1.165, 1.54) is 0 Å². The van der Waals surface area contributed by atoms with E-state index >= 15 is 0 Å². The third-order valence-corrected chi connectivity index (χ3v) is 6.67. The van der Waals surface area contributed by atoms with Crippen LogP contribution in [0.25, 0.3) is 0 Å². The number of rotatable bonds is 10. The summed E-state index contributed by atoms with van der Waals surface area (Å²) >= 11 is 0.839. The maximum Gasteiger partial charge on any atom is 0.270 e. The summed E-state index contributed by atoms with van der Waals surface area (Å²) in [7, 11) is 0. The molecule has 1 heterocycles. The van der Waals surface area contributed by atoms with Gasteiger partial charge in [-0.1, -0.05) is 62.9 Å². The van der Waals surface area contributed by atoms with Gasteiger partial charge in [0.1, 0.15) is 10.9 Å². The van der Waals surface area contributed by atoms with Crippen molar-refractivity contribution in [1.82, 2.24) is 14.6 Å². The molecule has 1 atom stereocenters. The number of carbonyl (C=O) groups is 3. The second-order valence-corrected chi connectivity index (χ2v) is 8.98. The summed E-state index contributed by atoms with van der Waals surface area (Å²) in [6.45, 7) is 2.30. The van der Waals surface area contributed by atoms with Crippen LogP contribution >= 0.6 is 11.5 Å². The van der Waals surface area contributed by atoms with Crippen molar-refractivity contribution in [2.45, 2.75) is 70.5 Å². The lowest BCUT2D eigenvalue weighted by molar-refractivity contribution is -0.126. The topological polar surface area (TPSA) is 131 Å². The highest BCUT2D eigenvalue weighted by atomic mass is 32.1. The molecule has 32 heavy (non-hydrogen) atoms. The number of amides is 3. The quantitative estimate of drug-likeness (QED) is 0.504. The average molecular weight is 458 g/mol. The predicted molar refractivity (Wildman–Crippen MR) is 125 cm³/mol. The normalized spacial score (nSPS) is 14.8. The van der Waals surface area contributed by atoms with Gasteiger partial charge in [0.15, 0.2) is 5.69 Å². The number of anilines is 1. The van der Waals surface area contributed by atoms with Crippen LogP contribution in [-0.4, -0.2) is 39.1 Å². The van der Waals surface area contributed by atoms with Gasteiger partial charge in [-0.05, 0) is 36.4 Å². The first-order valence-electron chi connectivity index (χ1n) is 11.1. The van der Waals surface area contributed by atoms with E-state index in [0.29, 0.717) is 6.42 Å². The Morgan fingerprint density at radius 2 is 1.91 bits per heavy atom. The van der Waals surface area contributed by atoms with Gasteiger partial charge in [0.05, 0.1) is 5.69 Å². The van der Waals surface area contributed by atoms with Crippen LogP contribution in [0.5, 0.6) is 0 Å². The van der Waals surface area contributed by atoms with E-state index in [1.807, 2.05) is 30.3 Å². The summed E-state index contributed by atoms with van der Waals surface area (Å²) in [5.74, 6) is -1.35.